The Morgan fingerprint density at radius 1 is 1.36 bits per heavy atom. The second-order valence-corrected chi connectivity index (χ2v) is 8.86. The van der Waals surface area contributed by atoms with Crippen LogP contribution in [0.1, 0.15) is 32.2 Å². The van der Waals surface area contributed by atoms with Gasteiger partial charge in [-0.2, -0.15) is 5.10 Å². The van der Waals surface area contributed by atoms with E-state index >= 15 is 0 Å². The van der Waals surface area contributed by atoms with Gasteiger partial charge in [-0.05, 0) is 34.6 Å². The van der Waals surface area contributed by atoms with Crippen molar-refractivity contribution in [1.82, 2.24) is 14.8 Å². The predicted molar refractivity (Wildman–Crippen MR) is 94.8 cm³/mol. The summed E-state index contributed by atoms with van der Waals surface area (Å²) in [7, 11) is -3.26. The monoisotopic (exact) mass is 370 g/mol. The van der Waals surface area contributed by atoms with Crippen molar-refractivity contribution < 1.29 is 18.0 Å². The van der Waals surface area contributed by atoms with Crippen LogP contribution in [0.4, 0.5) is 10.1 Å². The minimum Gasteiger partial charge on any atom is -0.397 e. The molecule has 0 saturated carbocycles. The van der Waals surface area contributed by atoms with E-state index in [-0.39, 0.29) is 18.1 Å². The molecule has 2 aromatic rings. The molecule has 138 valence electrons. The maximum atomic E-state index is 14.2. The third-order valence-electron chi connectivity index (χ3n) is 3.33. The zero-order chi connectivity index (χ0) is 19.0. The van der Waals surface area contributed by atoms with E-state index in [4.69, 9.17) is 14.8 Å². The van der Waals surface area contributed by atoms with E-state index in [2.05, 4.69) is 10.1 Å². The van der Waals surface area contributed by atoms with Gasteiger partial charge >= 0.3 is 7.60 Å². The number of aromatic nitrogens is 3. The number of pyridine rings is 1. The number of aryl methyl sites for hydroxylation is 1. The summed E-state index contributed by atoms with van der Waals surface area (Å²) in [4.78, 5) is 4.07. The van der Waals surface area contributed by atoms with Gasteiger partial charge in [0.1, 0.15) is 12.4 Å². The molecular formula is C16H24FN4O3P. The van der Waals surface area contributed by atoms with E-state index in [0.29, 0.717) is 17.0 Å². The summed E-state index contributed by atoms with van der Waals surface area (Å²) >= 11 is 0. The summed E-state index contributed by atoms with van der Waals surface area (Å²) in [6, 6.07) is 1.21. The van der Waals surface area contributed by atoms with Crippen molar-refractivity contribution in [2.45, 2.75) is 47.0 Å². The van der Waals surface area contributed by atoms with Crippen molar-refractivity contribution in [2.24, 2.45) is 0 Å². The van der Waals surface area contributed by atoms with Crippen LogP contribution in [0, 0.1) is 19.7 Å². The molecule has 0 aliphatic heterocycles. The molecule has 0 aromatic carbocycles. The largest absolute Gasteiger partial charge is 0.397 e. The molecule has 0 aliphatic carbocycles. The summed E-state index contributed by atoms with van der Waals surface area (Å²) < 4.78 is 39.0. The summed E-state index contributed by atoms with van der Waals surface area (Å²) in [5.74, 6) is -0.524. The SMILES string of the molecule is Cc1nn(COP(C)(=O)OC(C)(C)C)c(C)c1-c1ncc(N)cc1F. The molecule has 0 fully saturated rings. The predicted octanol–water partition coefficient (Wildman–Crippen LogP) is 3.90. The van der Waals surface area contributed by atoms with Crippen LogP contribution in [0.25, 0.3) is 11.3 Å². The first-order valence-corrected chi connectivity index (χ1v) is 9.77. The highest BCUT2D eigenvalue weighted by Crippen LogP contribution is 2.48. The fourth-order valence-electron chi connectivity index (χ4n) is 2.49. The van der Waals surface area contributed by atoms with Gasteiger partial charge in [0.15, 0.2) is 5.82 Å². The zero-order valence-corrected chi connectivity index (χ0v) is 16.2. The Hall–Kier alpha value is -1.76. The Morgan fingerprint density at radius 3 is 2.56 bits per heavy atom. The summed E-state index contributed by atoms with van der Waals surface area (Å²) in [5.41, 5.74) is 7.15. The van der Waals surface area contributed by atoms with Gasteiger partial charge in [-0.25, -0.2) is 9.07 Å². The lowest BCUT2D eigenvalue weighted by atomic mass is 10.1. The highest BCUT2D eigenvalue weighted by molar-refractivity contribution is 7.52. The van der Waals surface area contributed by atoms with Crippen molar-refractivity contribution in [3.8, 4) is 11.3 Å². The lowest BCUT2D eigenvalue weighted by Gasteiger charge is -2.24. The Labute approximate surface area is 146 Å². The number of anilines is 1. The van der Waals surface area contributed by atoms with Crippen molar-refractivity contribution in [2.75, 3.05) is 12.4 Å². The van der Waals surface area contributed by atoms with Crippen LogP contribution in [-0.2, 0) is 20.3 Å². The molecule has 2 N–H and O–H groups in total. The number of rotatable bonds is 5. The molecule has 1 atom stereocenters. The van der Waals surface area contributed by atoms with Crippen molar-refractivity contribution in [1.29, 1.82) is 0 Å². The topological polar surface area (TPSA) is 92.3 Å². The number of nitrogens with two attached hydrogens (primary N) is 1. The first-order chi connectivity index (χ1) is 11.4. The normalized spacial score (nSPS) is 14.5. The Balaban J connectivity index is 2.27. The molecule has 2 rings (SSSR count). The summed E-state index contributed by atoms with van der Waals surface area (Å²) in [6.07, 6.45) is 1.39. The third-order valence-corrected chi connectivity index (χ3v) is 4.80. The smallest absolute Gasteiger partial charge is 0.329 e. The first-order valence-electron chi connectivity index (χ1n) is 7.78. The molecule has 7 nitrogen and oxygen atoms in total. The number of halogens is 1. The van der Waals surface area contributed by atoms with E-state index in [1.165, 1.54) is 23.6 Å². The highest BCUT2D eigenvalue weighted by atomic mass is 31.2. The van der Waals surface area contributed by atoms with E-state index in [1.54, 1.807) is 34.6 Å². The average molecular weight is 370 g/mol. The van der Waals surface area contributed by atoms with Gasteiger partial charge in [-0.15, -0.1) is 0 Å². The molecular weight excluding hydrogens is 346 g/mol. The highest BCUT2D eigenvalue weighted by Gasteiger charge is 2.26. The molecule has 9 heteroatoms. The van der Waals surface area contributed by atoms with Gasteiger partial charge in [0.2, 0.25) is 0 Å². The fourth-order valence-corrected chi connectivity index (χ4v) is 3.85. The minimum atomic E-state index is -3.26. The van der Waals surface area contributed by atoms with Crippen LogP contribution in [0.3, 0.4) is 0 Å². The molecule has 0 aliphatic rings. The fraction of sp³-hybridized carbons (Fsp3) is 0.500. The zero-order valence-electron chi connectivity index (χ0n) is 15.3. The van der Waals surface area contributed by atoms with Gasteiger partial charge in [-0.1, -0.05) is 0 Å². The Morgan fingerprint density at radius 2 is 2.00 bits per heavy atom. The molecule has 0 radical (unpaired) electrons. The second kappa shape index (κ2) is 6.86. The van der Waals surface area contributed by atoms with E-state index in [9.17, 15) is 8.96 Å². The van der Waals surface area contributed by atoms with Gasteiger partial charge in [0.25, 0.3) is 0 Å². The molecule has 25 heavy (non-hydrogen) atoms. The van der Waals surface area contributed by atoms with E-state index < -0.39 is 19.0 Å². The molecule has 0 amide bonds. The van der Waals surface area contributed by atoms with Crippen LogP contribution in [0.5, 0.6) is 0 Å². The number of hydrogen-bond donors (Lipinski definition) is 1. The summed E-state index contributed by atoms with van der Waals surface area (Å²) in [6.45, 7) is 10.2. The number of hydrogen-bond acceptors (Lipinski definition) is 6. The Kier molecular flexibility index (Phi) is 5.37. The second-order valence-electron chi connectivity index (χ2n) is 6.88. The first kappa shape index (κ1) is 19.6. The number of nitrogen functional groups attached to an aromatic ring is 1. The molecule has 2 heterocycles. The van der Waals surface area contributed by atoms with Crippen LogP contribution in [0.15, 0.2) is 12.3 Å². The van der Waals surface area contributed by atoms with Crippen LogP contribution in [-0.4, -0.2) is 27.0 Å². The molecule has 0 saturated heterocycles. The van der Waals surface area contributed by atoms with Crippen molar-refractivity contribution >= 4 is 13.3 Å². The summed E-state index contributed by atoms with van der Waals surface area (Å²) in [5, 5.41) is 4.33. The molecule has 0 spiro atoms. The maximum Gasteiger partial charge on any atom is 0.329 e. The van der Waals surface area contributed by atoms with Gasteiger partial charge in [0, 0.05) is 24.0 Å². The van der Waals surface area contributed by atoms with Crippen molar-refractivity contribution in [3.63, 3.8) is 0 Å². The lowest BCUT2D eigenvalue weighted by molar-refractivity contribution is 0.0815. The maximum absolute atomic E-state index is 14.2. The van der Waals surface area contributed by atoms with Gasteiger partial charge in [-0.3, -0.25) is 14.1 Å². The van der Waals surface area contributed by atoms with Crippen LogP contribution in [0.2, 0.25) is 0 Å². The van der Waals surface area contributed by atoms with E-state index in [1.807, 2.05) is 0 Å². The average Bonchev–Trinajstić information content (AvgIpc) is 2.70. The molecule has 0 bridgehead atoms. The molecule has 1 unspecified atom stereocenters. The quantitative estimate of drug-likeness (QED) is 0.803. The standard InChI is InChI=1S/C16H24FN4O3P/c1-10-14(15-13(17)7-12(18)8-19-15)11(2)21(20-10)9-23-25(6,22)24-16(3,4)5/h7-8H,9,18H2,1-6H3. The van der Waals surface area contributed by atoms with Crippen LogP contribution < -0.4 is 5.73 Å². The van der Waals surface area contributed by atoms with Crippen molar-refractivity contribution in [3.05, 3.63) is 29.5 Å². The third kappa shape index (κ3) is 4.87. The van der Waals surface area contributed by atoms with Gasteiger partial charge < -0.3 is 10.3 Å². The number of nitrogens with zero attached hydrogens (tertiary/aromatic N) is 3. The van der Waals surface area contributed by atoms with Crippen LogP contribution >= 0.6 is 7.60 Å². The van der Waals surface area contributed by atoms with Gasteiger partial charge in [0.05, 0.1) is 23.2 Å². The lowest BCUT2D eigenvalue weighted by Crippen LogP contribution is -2.18. The minimum absolute atomic E-state index is 0.0763. The van der Waals surface area contributed by atoms with E-state index in [0.717, 1.165) is 0 Å². The molecule has 2 aromatic heterocycles. The Bertz CT molecular complexity index is 830.